The summed E-state index contributed by atoms with van der Waals surface area (Å²) in [7, 11) is 2.08. The van der Waals surface area contributed by atoms with Gasteiger partial charge in [0.1, 0.15) is 0 Å². The maximum absolute atomic E-state index is 8.90. The highest BCUT2D eigenvalue weighted by Gasteiger charge is 2.14. The number of hydrogen-bond donors (Lipinski definition) is 1. The van der Waals surface area contributed by atoms with Gasteiger partial charge in [0.05, 0.1) is 11.4 Å². The monoisotopic (exact) mass is 273 g/mol. The van der Waals surface area contributed by atoms with Crippen LogP contribution in [0.4, 0.5) is 0 Å². The second-order valence-corrected chi connectivity index (χ2v) is 5.21. The number of aryl methyl sites for hydroxylation is 1. The summed E-state index contributed by atoms with van der Waals surface area (Å²) < 4.78 is 2.00. The topological polar surface area (TPSA) is 41.3 Å². The van der Waals surface area contributed by atoms with Gasteiger partial charge in [0.2, 0.25) is 0 Å². The molecule has 0 spiro atoms. The van der Waals surface area contributed by atoms with E-state index in [1.54, 1.807) is 0 Å². The molecule has 1 aromatic carbocycles. The predicted molar refractivity (Wildman–Crippen MR) is 81.1 cm³/mol. The summed E-state index contributed by atoms with van der Waals surface area (Å²) in [5, 5.41) is 13.6. The molecule has 20 heavy (non-hydrogen) atoms. The molecular formula is C16H23N3O. The third kappa shape index (κ3) is 3.26. The van der Waals surface area contributed by atoms with E-state index in [2.05, 4.69) is 43.0 Å². The molecule has 0 aliphatic heterocycles. The van der Waals surface area contributed by atoms with Crippen LogP contribution in [0.2, 0.25) is 0 Å². The Morgan fingerprint density at radius 3 is 2.55 bits per heavy atom. The van der Waals surface area contributed by atoms with Gasteiger partial charge in [0, 0.05) is 31.0 Å². The Hall–Kier alpha value is -1.65. The average Bonchev–Trinajstić information content (AvgIpc) is 2.74. The number of hydrogen-bond acceptors (Lipinski definition) is 3. The first-order valence-corrected chi connectivity index (χ1v) is 7.03. The molecule has 2 aromatic rings. The minimum absolute atomic E-state index is 0.242. The normalized spacial score (nSPS) is 11.2. The van der Waals surface area contributed by atoms with Crippen LogP contribution in [0.5, 0.6) is 0 Å². The lowest BCUT2D eigenvalue weighted by Crippen LogP contribution is -2.20. The number of aromatic nitrogens is 2. The Balaban J connectivity index is 2.21. The van der Waals surface area contributed by atoms with E-state index in [1.807, 2.05) is 22.9 Å². The molecule has 0 saturated carbocycles. The quantitative estimate of drug-likeness (QED) is 0.878. The Kier molecular flexibility index (Phi) is 4.93. The summed E-state index contributed by atoms with van der Waals surface area (Å²) in [5.41, 5.74) is 4.62. The highest BCUT2D eigenvalue weighted by atomic mass is 16.3. The minimum atomic E-state index is 0.242. The van der Waals surface area contributed by atoms with E-state index >= 15 is 0 Å². The van der Waals surface area contributed by atoms with Crippen LogP contribution in [0.1, 0.15) is 23.4 Å². The molecule has 0 bridgehead atoms. The van der Waals surface area contributed by atoms with Crippen LogP contribution in [0, 0.1) is 13.8 Å². The number of para-hydroxylation sites is 1. The van der Waals surface area contributed by atoms with Gasteiger partial charge in [-0.05, 0) is 39.4 Å². The highest BCUT2D eigenvalue weighted by Crippen LogP contribution is 2.19. The van der Waals surface area contributed by atoms with Gasteiger partial charge < -0.3 is 10.0 Å². The largest absolute Gasteiger partial charge is 0.396 e. The van der Waals surface area contributed by atoms with Crippen molar-refractivity contribution < 1.29 is 5.11 Å². The van der Waals surface area contributed by atoms with Crippen molar-refractivity contribution in [2.24, 2.45) is 0 Å². The first kappa shape index (κ1) is 14.8. The Morgan fingerprint density at radius 2 is 1.90 bits per heavy atom. The van der Waals surface area contributed by atoms with Crippen LogP contribution >= 0.6 is 0 Å². The van der Waals surface area contributed by atoms with E-state index in [0.717, 1.165) is 30.9 Å². The molecule has 4 heteroatoms. The number of benzene rings is 1. The molecule has 2 rings (SSSR count). The first-order valence-electron chi connectivity index (χ1n) is 7.03. The van der Waals surface area contributed by atoms with Crippen LogP contribution in [-0.2, 0) is 6.54 Å². The summed E-state index contributed by atoms with van der Waals surface area (Å²) >= 11 is 0. The van der Waals surface area contributed by atoms with E-state index in [-0.39, 0.29) is 6.61 Å². The fraction of sp³-hybridized carbons (Fsp3) is 0.438. The Bertz CT molecular complexity index is 548. The predicted octanol–water partition coefficient (Wildman–Crippen LogP) is 2.30. The van der Waals surface area contributed by atoms with Crippen LogP contribution in [0.3, 0.4) is 0 Å². The molecule has 0 unspecified atom stereocenters. The third-order valence-electron chi connectivity index (χ3n) is 3.57. The fourth-order valence-corrected chi connectivity index (χ4v) is 2.41. The Morgan fingerprint density at radius 1 is 1.20 bits per heavy atom. The molecule has 1 heterocycles. The lowest BCUT2D eigenvalue weighted by Gasteiger charge is -2.16. The number of aliphatic hydroxyl groups is 1. The summed E-state index contributed by atoms with van der Waals surface area (Å²) in [5.74, 6) is 0. The van der Waals surface area contributed by atoms with E-state index in [9.17, 15) is 0 Å². The first-order chi connectivity index (χ1) is 9.63. The van der Waals surface area contributed by atoms with Crippen molar-refractivity contribution in [2.45, 2.75) is 26.8 Å². The summed E-state index contributed by atoms with van der Waals surface area (Å²) in [6.45, 7) is 6.17. The van der Waals surface area contributed by atoms with Crippen LogP contribution < -0.4 is 0 Å². The second kappa shape index (κ2) is 6.68. The maximum atomic E-state index is 8.90. The van der Waals surface area contributed by atoms with Gasteiger partial charge in [-0.2, -0.15) is 5.10 Å². The van der Waals surface area contributed by atoms with E-state index < -0.39 is 0 Å². The molecule has 0 aliphatic carbocycles. The zero-order chi connectivity index (χ0) is 14.5. The van der Waals surface area contributed by atoms with Crippen molar-refractivity contribution in [1.82, 2.24) is 14.7 Å². The molecule has 108 valence electrons. The molecule has 0 saturated heterocycles. The molecule has 0 aliphatic rings. The van der Waals surface area contributed by atoms with Gasteiger partial charge in [-0.15, -0.1) is 0 Å². The average molecular weight is 273 g/mol. The van der Waals surface area contributed by atoms with Gasteiger partial charge in [-0.25, -0.2) is 4.68 Å². The van der Waals surface area contributed by atoms with Gasteiger partial charge >= 0.3 is 0 Å². The molecule has 4 nitrogen and oxygen atoms in total. The second-order valence-electron chi connectivity index (χ2n) is 5.21. The molecule has 1 aromatic heterocycles. The van der Waals surface area contributed by atoms with E-state index in [1.165, 1.54) is 11.3 Å². The Labute approximate surface area is 120 Å². The smallest absolute Gasteiger partial charge is 0.0648 e. The fourth-order valence-electron chi connectivity index (χ4n) is 2.41. The third-order valence-corrected chi connectivity index (χ3v) is 3.57. The number of nitrogens with zero attached hydrogens (tertiary/aromatic N) is 3. The van der Waals surface area contributed by atoms with Crippen molar-refractivity contribution in [2.75, 3.05) is 20.2 Å². The molecule has 0 amide bonds. The van der Waals surface area contributed by atoms with Crippen LogP contribution in [0.15, 0.2) is 30.3 Å². The summed E-state index contributed by atoms with van der Waals surface area (Å²) in [6, 6.07) is 10.2. The summed E-state index contributed by atoms with van der Waals surface area (Å²) in [4.78, 5) is 2.22. The zero-order valence-corrected chi connectivity index (χ0v) is 12.5. The molecule has 0 atom stereocenters. The van der Waals surface area contributed by atoms with Crippen molar-refractivity contribution in [3.05, 3.63) is 47.3 Å². The SMILES string of the molecule is Cc1nn(-c2ccccc2)c(C)c1CN(C)CCCO. The lowest BCUT2D eigenvalue weighted by molar-refractivity contribution is 0.244. The number of rotatable bonds is 6. The van der Waals surface area contributed by atoms with Crippen LogP contribution in [0.25, 0.3) is 5.69 Å². The van der Waals surface area contributed by atoms with Crippen LogP contribution in [-0.4, -0.2) is 40.0 Å². The summed E-state index contributed by atoms with van der Waals surface area (Å²) in [6.07, 6.45) is 0.807. The van der Waals surface area contributed by atoms with E-state index in [0.29, 0.717) is 0 Å². The maximum Gasteiger partial charge on any atom is 0.0648 e. The van der Waals surface area contributed by atoms with Gasteiger partial charge in [0.15, 0.2) is 0 Å². The van der Waals surface area contributed by atoms with Gasteiger partial charge in [0.25, 0.3) is 0 Å². The van der Waals surface area contributed by atoms with Gasteiger partial charge in [-0.3, -0.25) is 0 Å². The molecule has 0 fully saturated rings. The van der Waals surface area contributed by atoms with Crippen molar-refractivity contribution in [3.63, 3.8) is 0 Å². The molecular weight excluding hydrogens is 250 g/mol. The van der Waals surface area contributed by atoms with Crippen molar-refractivity contribution >= 4 is 0 Å². The highest BCUT2D eigenvalue weighted by molar-refractivity contribution is 5.36. The molecule has 0 radical (unpaired) electrons. The zero-order valence-electron chi connectivity index (χ0n) is 12.5. The number of aliphatic hydroxyl groups excluding tert-OH is 1. The van der Waals surface area contributed by atoms with Gasteiger partial charge in [-0.1, -0.05) is 18.2 Å². The van der Waals surface area contributed by atoms with E-state index in [4.69, 9.17) is 5.11 Å². The minimum Gasteiger partial charge on any atom is -0.396 e. The van der Waals surface area contributed by atoms with Crippen molar-refractivity contribution in [3.8, 4) is 5.69 Å². The lowest BCUT2D eigenvalue weighted by atomic mass is 10.2. The van der Waals surface area contributed by atoms with Crippen molar-refractivity contribution in [1.29, 1.82) is 0 Å². The molecule has 1 N–H and O–H groups in total. The standard InChI is InChI=1S/C16H23N3O/c1-13-16(12-18(3)10-7-11-20)14(2)19(17-13)15-8-5-4-6-9-15/h4-6,8-9,20H,7,10-12H2,1-3H3.